The summed E-state index contributed by atoms with van der Waals surface area (Å²) in [6, 6.07) is 1.53. The summed E-state index contributed by atoms with van der Waals surface area (Å²) < 4.78 is 0. The Kier molecular flexibility index (Phi) is 3.81. The van der Waals surface area contributed by atoms with Crippen molar-refractivity contribution in [2.24, 2.45) is 0 Å². The smallest absolute Gasteiger partial charge is 0.0252 e. The quantitative estimate of drug-likeness (QED) is 0.715. The summed E-state index contributed by atoms with van der Waals surface area (Å²) in [5, 5.41) is 3.66. The molecule has 86 valence electrons. The van der Waals surface area contributed by atoms with Crippen molar-refractivity contribution < 1.29 is 0 Å². The van der Waals surface area contributed by atoms with Crippen molar-refractivity contribution in [2.75, 3.05) is 19.6 Å². The van der Waals surface area contributed by atoms with E-state index in [2.05, 4.69) is 23.7 Å². The van der Waals surface area contributed by atoms with Crippen LogP contribution >= 0.6 is 0 Å². The Hall–Kier alpha value is -0.340. The summed E-state index contributed by atoms with van der Waals surface area (Å²) >= 11 is 0. The number of likely N-dealkylation sites (tertiary alicyclic amines) is 1. The molecule has 2 fully saturated rings. The van der Waals surface area contributed by atoms with Gasteiger partial charge in [0.25, 0.3) is 0 Å². The van der Waals surface area contributed by atoms with Crippen LogP contribution in [0.1, 0.15) is 39.0 Å². The van der Waals surface area contributed by atoms with Crippen molar-refractivity contribution in [1.29, 1.82) is 0 Å². The fraction of sp³-hybridized carbons (Fsp3) is 0.846. The molecule has 2 saturated heterocycles. The lowest BCUT2D eigenvalue weighted by Crippen LogP contribution is -2.50. The van der Waals surface area contributed by atoms with E-state index in [1.165, 1.54) is 50.8 Å². The molecular formula is C13H24N2. The van der Waals surface area contributed by atoms with E-state index in [4.69, 9.17) is 0 Å². The molecule has 1 N–H and O–H groups in total. The summed E-state index contributed by atoms with van der Waals surface area (Å²) in [5.41, 5.74) is 1.31. The fourth-order valence-electron chi connectivity index (χ4n) is 3.06. The summed E-state index contributed by atoms with van der Waals surface area (Å²) in [5.74, 6) is 0. The van der Waals surface area contributed by atoms with Gasteiger partial charge in [0.1, 0.15) is 0 Å². The van der Waals surface area contributed by atoms with Crippen LogP contribution < -0.4 is 5.32 Å². The number of hydrogen-bond acceptors (Lipinski definition) is 2. The van der Waals surface area contributed by atoms with Crippen molar-refractivity contribution in [2.45, 2.75) is 51.1 Å². The van der Waals surface area contributed by atoms with Crippen LogP contribution in [-0.2, 0) is 0 Å². The van der Waals surface area contributed by atoms with Gasteiger partial charge in [-0.1, -0.05) is 18.6 Å². The third-order valence-electron chi connectivity index (χ3n) is 3.70. The highest BCUT2D eigenvalue weighted by Crippen LogP contribution is 2.24. The first-order valence-electron chi connectivity index (χ1n) is 6.39. The van der Waals surface area contributed by atoms with E-state index < -0.39 is 0 Å². The molecule has 0 saturated carbocycles. The van der Waals surface area contributed by atoms with Gasteiger partial charge in [0.2, 0.25) is 0 Å². The average molecular weight is 208 g/mol. The van der Waals surface area contributed by atoms with Crippen LogP contribution in [0.25, 0.3) is 0 Å². The van der Waals surface area contributed by atoms with Gasteiger partial charge in [-0.05, 0) is 45.7 Å². The summed E-state index contributed by atoms with van der Waals surface area (Å²) in [7, 11) is 0. The highest BCUT2D eigenvalue weighted by atomic mass is 15.2. The van der Waals surface area contributed by atoms with Crippen molar-refractivity contribution in [3.05, 3.63) is 12.2 Å². The minimum absolute atomic E-state index is 0.754. The molecular weight excluding hydrogens is 184 g/mol. The van der Waals surface area contributed by atoms with Gasteiger partial charge in [0.05, 0.1) is 0 Å². The van der Waals surface area contributed by atoms with Gasteiger partial charge in [0, 0.05) is 18.6 Å². The molecule has 0 aromatic carbocycles. The molecule has 2 aliphatic rings. The second kappa shape index (κ2) is 5.13. The van der Waals surface area contributed by atoms with Crippen LogP contribution in [0.5, 0.6) is 0 Å². The van der Waals surface area contributed by atoms with E-state index in [1.807, 2.05) is 0 Å². The van der Waals surface area contributed by atoms with E-state index in [9.17, 15) is 0 Å². The Labute approximate surface area is 93.7 Å². The van der Waals surface area contributed by atoms with E-state index in [0.29, 0.717) is 0 Å². The van der Waals surface area contributed by atoms with E-state index >= 15 is 0 Å². The van der Waals surface area contributed by atoms with E-state index in [0.717, 1.165) is 18.6 Å². The summed E-state index contributed by atoms with van der Waals surface area (Å²) in [4.78, 5) is 2.65. The molecule has 2 rings (SSSR count). The number of hydrogen-bond donors (Lipinski definition) is 1. The Morgan fingerprint density at radius 3 is 2.87 bits per heavy atom. The van der Waals surface area contributed by atoms with E-state index in [-0.39, 0.29) is 0 Å². The molecule has 0 aliphatic carbocycles. The molecule has 2 aliphatic heterocycles. The maximum atomic E-state index is 4.05. The molecule has 2 atom stereocenters. The number of piperidine rings is 1. The van der Waals surface area contributed by atoms with Crippen LogP contribution in [-0.4, -0.2) is 36.6 Å². The van der Waals surface area contributed by atoms with Gasteiger partial charge in [0.15, 0.2) is 0 Å². The van der Waals surface area contributed by atoms with Crippen molar-refractivity contribution in [3.63, 3.8) is 0 Å². The zero-order valence-corrected chi connectivity index (χ0v) is 9.97. The summed E-state index contributed by atoms with van der Waals surface area (Å²) in [6.07, 6.45) is 6.90. The van der Waals surface area contributed by atoms with Crippen LogP contribution in [0.2, 0.25) is 0 Å². The van der Waals surface area contributed by atoms with E-state index in [1.54, 1.807) is 0 Å². The molecule has 2 heteroatoms. The average Bonchev–Trinajstić information content (AvgIpc) is 2.70. The Morgan fingerprint density at radius 1 is 1.33 bits per heavy atom. The second-order valence-electron chi connectivity index (χ2n) is 5.19. The van der Waals surface area contributed by atoms with Crippen molar-refractivity contribution >= 4 is 0 Å². The van der Waals surface area contributed by atoms with Crippen molar-refractivity contribution in [1.82, 2.24) is 10.2 Å². The SMILES string of the molecule is C=C(C)CN1CCCCC1C1CCCN1. The van der Waals surface area contributed by atoms with Gasteiger partial charge >= 0.3 is 0 Å². The van der Waals surface area contributed by atoms with Gasteiger partial charge in [-0.15, -0.1) is 0 Å². The molecule has 2 nitrogen and oxygen atoms in total. The van der Waals surface area contributed by atoms with Gasteiger partial charge < -0.3 is 5.32 Å². The Balaban J connectivity index is 1.95. The monoisotopic (exact) mass is 208 g/mol. The largest absolute Gasteiger partial charge is 0.312 e. The number of rotatable bonds is 3. The van der Waals surface area contributed by atoms with Crippen LogP contribution in [0.3, 0.4) is 0 Å². The molecule has 0 aromatic heterocycles. The minimum Gasteiger partial charge on any atom is -0.312 e. The zero-order chi connectivity index (χ0) is 10.7. The van der Waals surface area contributed by atoms with Gasteiger partial charge in [-0.2, -0.15) is 0 Å². The van der Waals surface area contributed by atoms with Crippen LogP contribution in [0.4, 0.5) is 0 Å². The fourth-order valence-corrected chi connectivity index (χ4v) is 3.06. The van der Waals surface area contributed by atoms with Crippen LogP contribution in [0.15, 0.2) is 12.2 Å². The molecule has 0 aromatic rings. The highest BCUT2D eigenvalue weighted by molar-refractivity contribution is 4.98. The Bertz CT molecular complexity index is 219. The van der Waals surface area contributed by atoms with Gasteiger partial charge in [-0.3, -0.25) is 4.90 Å². The summed E-state index contributed by atoms with van der Waals surface area (Å²) in [6.45, 7) is 9.79. The van der Waals surface area contributed by atoms with Crippen molar-refractivity contribution in [3.8, 4) is 0 Å². The highest BCUT2D eigenvalue weighted by Gasteiger charge is 2.31. The van der Waals surface area contributed by atoms with Crippen LogP contribution in [0, 0.1) is 0 Å². The normalized spacial score (nSPS) is 33.1. The minimum atomic E-state index is 0.754. The third kappa shape index (κ3) is 2.82. The lowest BCUT2D eigenvalue weighted by Gasteiger charge is -2.39. The maximum Gasteiger partial charge on any atom is 0.0252 e. The predicted molar refractivity (Wildman–Crippen MR) is 65.1 cm³/mol. The molecule has 2 heterocycles. The molecule has 0 radical (unpaired) electrons. The first-order valence-corrected chi connectivity index (χ1v) is 6.39. The molecule has 0 bridgehead atoms. The molecule has 0 amide bonds. The zero-order valence-electron chi connectivity index (χ0n) is 9.97. The first kappa shape index (κ1) is 11.2. The van der Waals surface area contributed by atoms with Gasteiger partial charge in [-0.25, -0.2) is 0 Å². The first-order chi connectivity index (χ1) is 7.27. The predicted octanol–water partition coefficient (Wildman–Crippen LogP) is 2.17. The molecule has 2 unspecified atom stereocenters. The third-order valence-corrected chi connectivity index (χ3v) is 3.70. The lowest BCUT2D eigenvalue weighted by atomic mass is 9.94. The molecule has 15 heavy (non-hydrogen) atoms. The Morgan fingerprint density at radius 2 is 2.20 bits per heavy atom. The lowest BCUT2D eigenvalue weighted by molar-refractivity contribution is 0.131. The molecule has 0 spiro atoms. The number of nitrogens with zero attached hydrogens (tertiary/aromatic N) is 1. The second-order valence-corrected chi connectivity index (χ2v) is 5.19. The number of nitrogens with one attached hydrogen (secondary N) is 1. The topological polar surface area (TPSA) is 15.3 Å². The standard InChI is InChI=1S/C13H24N2/c1-11(2)10-15-9-4-3-7-13(15)12-6-5-8-14-12/h12-14H,1,3-10H2,2H3. The maximum absolute atomic E-state index is 4.05.